The molecule has 0 aromatic carbocycles. The molecule has 0 bridgehead atoms. The fourth-order valence-corrected chi connectivity index (χ4v) is 1.31. The first kappa shape index (κ1) is 6.99. The first-order chi connectivity index (χ1) is 4.24. The lowest BCUT2D eigenvalue weighted by Crippen LogP contribution is -2.30. The molecule has 1 saturated heterocycles. The van der Waals surface area contributed by atoms with Gasteiger partial charge in [-0.05, 0) is 7.05 Å². The number of likely N-dealkylation sites (tertiary alicyclic amines) is 1. The van der Waals surface area contributed by atoms with E-state index in [0.29, 0.717) is 5.92 Å². The molecule has 1 heterocycles. The third-order valence-electron chi connectivity index (χ3n) is 1.91. The monoisotopic (exact) mass is 130 g/mol. The van der Waals surface area contributed by atoms with Gasteiger partial charge in [0.05, 0.1) is 0 Å². The zero-order valence-corrected chi connectivity index (χ0v) is 5.75. The van der Waals surface area contributed by atoms with Crippen LogP contribution in [-0.2, 0) is 0 Å². The number of rotatable bonds is 1. The number of aliphatic hydroxyl groups is 1. The molecule has 1 aliphatic rings. The van der Waals surface area contributed by atoms with Gasteiger partial charge in [0.1, 0.15) is 0 Å². The Morgan fingerprint density at radius 2 is 2.33 bits per heavy atom. The molecule has 0 unspecified atom stereocenters. The Hall–Kier alpha value is -0.120. The third kappa shape index (κ3) is 1.41. The number of likely N-dealkylation sites (N-methyl/N-ethyl adjacent to an activating group) is 1. The maximum atomic E-state index is 8.75. The number of aliphatic hydroxyl groups excluding tert-OH is 1. The Morgan fingerprint density at radius 3 is 2.56 bits per heavy atom. The van der Waals surface area contributed by atoms with Crippen molar-refractivity contribution in [3.8, 4) is 0 Å². The van der Waals surface area contributed by atoms with Gasteiger partial charge in [-0.25, -0.2) is 0 Å². The van der Waals surface area contributed by atoms with Crippen molar-refractivity contribution in [1.29, 1.82) is 0 Å². The smallest absolute Gasteiger partial charge is 0.0486 e. The average Bonchev–Trinajstić information content (AvgIpc) is 2.10. The molecule has 0 saturated carbocycles. The van der Waals surface area contributed by atoms with E-state index in [4.69, 9.17) is 10.8 Å². The predicted octanol–water partition coefficient (Wildman–Crippen LogP) is -1.13. The van der Waals surface area contributed by atoms with Crippen LogP contribution in [-0.4, -0.2) is 42.8 Å². The quantitative estimate of drug-likeness (QED) is 0.472. The first-order valence-electron chi connectivity index (χ1n) is 3.29. The largest absolute Gasteiger partial charge is 0.396 e. The Balaban J connectivity index is 2.38. The Morgan fingerprint density at radius 1 is 1.67 bits per heavy atom. The molecule has 2 atom stereocenters. The van der Waals surface area contributed by atoms with Crippen molar-refractivity contribution in [1.82, 2.24) is 4.90 Å². The van der Waals surface area contributed by atoms with E-state index in [1.54, 1.807) is 0 Å². The van der Waals surface area contributed by atoms with Crippen LogP contribution >= 0.6 is 0 Å². The minimum absolute atomic E-state index is 0.181. The minimum Gasteiger partial charge on any atom is -0.396 e. The van der Waals surface area contributed by atoms with Crippen LogP contribution in [0.1, 0.15) is 0 Å². The van der Waals surface area contributed by atoms with Crippen LogP contribution in [0.25, 0.3) is 0 Å². The second kappa shape index (κ2) is 2.64. The molecular weight excluding hydrogens is 116 g/mol. The molecule has 0 radical (unpaired) electrons. The van der Waals surface area contributed by atoms with E-state index in [1.165, 1.54) is 0 Å². The molecular formula is C6H14N2O. The average molecular weight is 130 g/mol. The van der Waals surface area contributed by atoms with Crippen LogP contribution in [0.3, 0.4) is 0 Å². The summed E-state index contributed by atoms with van der Waals surface area (Å²) >= 11 is 0. The van der Waals surface area contributed by atoms with Gasteiger partial charge in [-0.1, -0.05) is 0 Å². The summed E-state index contributed by atoms with van der Waals surface area (Å²) in [6.45, 7) is 2.09. The maximum Gasteiger partial charge on any atom is 0.0486 e. The first-order valence-corrected chi connectivity index (χ1v) is 3.29. The van der Waals surface area contributed by atoms with E-state index in [2.05, 4.69) is 4.90 Å². The molecule has 1 aliphatic heterocycles. The fourth-order valence-electron chi connectivity index (χ4n) is 1.31. The van der Waals surface area contributed by atoms with Gasteiger partial charge in [0.2, 0.25) is 0 Å². The lowest BCUT2D eigenvalue weighted by Gasteiger charge is -2.08. The van der Waals surface area contributed by atoms with Crippen LogP contribution < -0.4 is 5.73 Å². The molecule has 1 rings (SSSR count). The highest BCUT2D eigenvalue weighted by Crippen LogP contribution is 2.11. The van der Waals surface area contributed by atoms with Crippen molar-refractivity contribution >= 4 is 0 Å². The summed E-state index contributed by atoms with van der Waals surface area (Å²) in [6, 6.07) is 0.181. The molecule has 0 aliphatic carbocycles. The fraction of sp³-hybridized carbons (Fsp3) is 1.00. The third-order valence-corrected chi connectivity index (χ3v) is 1.91. The molecule has 0 aromatic rings. The van der Waals surface area contributed by atoms with Crippen LogP contribution in [0.5, 0.6) is 0 Å². The van der Waals surface area contributed by atoms with Crippen molar-refractivity contribution in [2.75, 3.05) is 26.7 Å². The van der Waals surface area contributed by atoms with E-state index < -0.39 is 0 Å². The van der Waals surface area contributed by atoms with Crippen LogP contribution in [0.4, 0.5) is 0 Å². The van der Waals surface area contributed by atoms with Crippen molar-refractivity contribution < 1.29 is 5.11 Å². The molecule has 0 spiro atoms. The van der Waals surface area contributed by atoms with E-state index in [0.717, 1.165) is 13.1 Å². The lowest BCUT2D eigenvalue weighted by atomic mass is 10.1. The summed E-state index contributed by atoms with van der Waals surface area (Å²) in [4.78, 5) is 2.14. The van der Waals surface area contributed by atoms with Crippen molar-refractivity contribution in [3.63, 3.8) is 0 Å². The molecule has 54 valence electrons. The summed E-state index contributed by atoms with van der Waals surface area (Å²) in [5, 5.41) is 8.75. The second-order valence-corrected chi connectivity index (χ2v) is 2.83. The molecule has 0 amide bonds. The van der Waals surface area contributed by atoms with Crippen molar-refractivity contribution in [2.24, 2.45) is 11.7 Å². The van der Waals surface area contributed by atoms with Gasteiger partial charge in [0, 0.05) is 31.7 Å². The van der Waals surface area contributed by atoms with Crippen molar-refractivity contribution in [3.05, 3.63) is 0 Å². The van der Waals surface area contributed by atoms with Crippen LogP contribution in [0.15, 0.2) is 0 Å². The number of hydrogen-bond donors (Lipinski definition) is 2. The van der Waals surface area contributed by atoms with Gasteiger partial charge in [-0.3, -0.25) is 0 Å². The van der Waals surface area contributed by atoms with E-state index in [-0.39, 0.29) is 12.6 Å². The Bertz CT molecular complexity index is 97.1. The van der Waals surface area contributed by atoms with Crippen molar-refractivity contribution in [2.45, 2.75) is 6.04 Å². The predicted molar refractivity (Wildman–Crippen MR) is 36.0 cm³/mol. The standard InChI is InChI=1S/C6H14N2O/c1-8-2-5(4-9)6(7)3-8/h5-6,9H,2-4,7H2,1H3/t5-,6-/m1/s1. The summed E-state index contributed by atoms with van der Waals surface area (Å²) in [5.41, 5.74) is 5.68. The van der Waals surface area contributed by atoms with Gasteiger partial charge < -0.3 is 15.7 Å². The molecule has 3 N–H and O–H groups in total. The summed E-state index contributed by atoms with van der Waals surface area (Å²) in [5.74, 6) is 0.301. The molecule has 1 fully saturated rings. The van der Waals surface area contributed by atoms with E-state index in [1.807, 2.05) is 7.05 Å². The van der Waals surface area contributed by atoms with E-state index in [9.17, 15) is 0 Å². The van der Waals surface area contributed by atoms with Crippen LogP contribution in [0, 0.1) is 5.92 Å². The lowest BCUT2D eigenvalue weighted by molar-refractivity contribution is 0.220. The highest BCUT2D eigenvalue weighted by molar-refractivity contribution is 4.84. The molecule has 9 heavy (non-hydrogen) atoms. The number of hydrogen-bond acceptors (Lipinski definition) is 3. The molecule has 0 aromatic heterocycles. The summed E-state index contributed by atoms with van der Waals surface area (Å²) < 4.78 is 0. The highest BCUT2D eigenvalue weighted by Gasteiger charge is 2.26. The van der Waals surface area contributed by atoms with Gasteiger partial charge in [-0.15, -0.1) is 0 Å². The zero-order chi connectivity index (χ0) is 6.85. The normalized spacial score (nSPS) is 37.7. The zero-order valence-electron chi connectivity index (χ0n) is 5.75. The van der Waals surface area contributed by atoms with Crippen LogP contribution in [0.2, 0.25) is 0 Å². The highest BCUT2D eigenvalue weighted by atomic mass is 16.3. The molecule has 3 heteroatoms. The van der Waals surface area contributed by atoms with Gasteiger partial charge in [-0.2, -0.15) is 0 Å². The maximum absolute atomic E-state index is 8.75. The number of nitrogens with zero attached hydrogens (tertiary/aromatic N) is 1. The van der Waals surface area contributed by atoms with Gasteiger partial charge >= 0.3 is 0 Å². The summed E-state index contributed by atoms with van der Waals surface area (Å²) in [6.07, 6.45) is 0. The van der Waals surface area contributed by atoms with E-state index >= 15 is 0 Å². The topological polar surface area (TPSA) is 49.5 Å². The SMILES string of the molecule is CN1C[C@H](CO)[C@H](N)C1. The van der Waals surface area contributed by atoms with Gasteiger partial charge in [0.15, 0.2) is 0 Å². The molecule has 3 nitrogen and oxygen atoms in total. The minimum atomic E-state index is 0.181. The Kier molecular flexibility index (Phi) is 2.05. The van der Waals surface area contributed by atoms with Gasteiger partial charge in [0.25, 0.3) is 0 Å². The second-order valence-electron chi connectivity index (χ2n) is 2.83. The Labute approximate surface area is 55.5 Å². The number of nitrogens with two attached hydrogens (primary N) is 1. The summed E-state index contributed by atoms with van der Waals surface area (Å²) in [7, 11) is 2.02.